The first-order chi connectivity index (χ1) is 17.3. The van der Waals surface area contributed by atoms with Crippen LogP contribution in [0, 0.1) is 17.8 Å². The van der Waals surface area contributed by atoms with Crippen molar-refractivity contribution in [2.45, 2.75) is 51.6 Å². The number of carboxylic acids is 1. The summed E-state index contributed by atoms with van der Waals surface area (Å²) in [6.45, 7) is 3.40. The number of carbonyl (C=O) groups is 3. The fourth-order valence-electron chi connectivity index (χ4n) is 4.27. The predicted molar refractivity (Wildman–Crippen MR) is 128 cm³/mol. The fraction of sp³-hybridized carbons (Fsp3) is 0.440. The minimum absolute atomic E-state index is 0.0972. The van der Waals surface area contributed by atoms with Crippen molar-refractivity contribution in [1.82, 2.24) is 30.8 Å². The summed E-state index contributed by atoms with van der Waals surface area (Å²) in [6, 6.07) is 6.22. The molecule has 0 saturated heterocycles. The minimum Gasteiger partial charge on any atom is -0.480 e. The molecule has 0 spiro atoms. The zero-order chi connectivity index (χ0) is 25.4. The van der Waals surface area contributed by atoms with Crippen molar-refractivity contribution >= 4 is 17.8 Å². The Kier molecular flexibility index (Phi) is 6.29. The van der Waals surface area contributed by atoms with Crippen molar-refractivity contribution in [1.29, 1.82) is 0 Å². The van der Waals surface area contributed by atoms with Gasteiger partial charge in [-0.25, -0.2) is 14.8 Å². The molecule has 0 aliphatic heterocycles. The molecule has 2 fully saturated rings. The number of H-pyrrole nitrogens is 1. The third-order valence-electron chi connectivity index (χ3n) is 6.57. The van der Waals surface area contributed by atoms with Crippen molar-refractivity contribution in [3.63, 3.8) is 0 Å². The number of hydrogen-bond donors (Lipinski definition) is 4. The quantitative estimate of drug-likeness (QED) is 0.336. The molecule has 2 aliphatic rings. The van der Waals surface area contributed by atoms with Crippen LogP contribution in [0.3, 0.4) is 0 Å². The molecule has 1 aromatic carbocycles. The van der Waals surface area contributed by atoms with E-state index in [2.05, 4.69) is 30.8 Å². The second-order valence-electron chi connectivity index (χ2n) is 9.83. The maximum absolute atomic E-state index is 12.7. The van der Waals surface area contributed by atoms with E-state index in [1.165, 1.54) is 6.20 Å². The van der Waals surface area contributed by atoms with Crippen molar-refractivity contribution in [3.05, 3.63) is 42.0 Å². The molecule has 0 radical (unpaired) electrons. The van der Waals surface area contributed by atoms with Gasteiger partial charge >= 0.3 is 5.97 Å². The van der Waals surface area contributed by atoms with Crippen molar-refractivity contribution in [2.24, 2.45) is 17.8 Å². The molecular formula is C25H28N6O5. The lowest BCUT2D eigenvalue weighted by molar-refractivity contribution is -0.140. The number of aromatic nitrogens is 4. The highest BCUT2D eigenvalue weighted by atomic mass is 16.4. The second kappa shape index (κ2) is 9.56. The van der Waals surface area contributed by atoms with Crippen molar-refractivity contribution in [2.75, 3.05) is 0 Å². The number of benzene rings is 1. The van der Waals surface area contributed by atoms with E-state index in [4.69, 9.17) is 4.42 Å². The molecule has 5 rings (SSSR count). The van der Waals surface area contributed by atoms with Gasteiger partial charge in [0.15, 0.2) is 5.82 Å². The normalized spacial score (nSPS) is 16.2. The van der Waals surface area contributed by atoms with Gasteiger partial charge in [0.1, 0.15) is 6.04 Å². The number of nitrogens with one attached hydrogen (secondary N) is 3. The third kappa shape index (κ3) is 5.14. The molecule has 2 saturated carbocycles. The second-order valence-corrected chi connectivity index (χ2v) is 9.83. The Morgan fingerprint density at radius 1 is 1.06 bits per heavy atom. The summed E-state index contributed by atoms with van der Waals surface area (Å²) in [4.78, 5) is 45.1. The maximum atomic E-state index is 12.7. The maximum Gasteiger partial charge on any atom is 0.326 e. The average Bonchev–Trinajstić information content (AvgIpc) is 3.78. The highest BCUT2D eigenvalue weighted by Crippen LogP contribution is 2.44. The zero-order valence-corrected chi connectivity index (χ0v) is 20.0. The summed E-state index contributed by atoms with van der Waals surface area (Å²) >= 11 is 0. The van der Waals surface area contributed by atoms with Gasteiger partial charge in [-0.05, 0) is 55.6 Å². The van der Waals surface area contributed by atoms with Gasteiger partial charge in [-0.15, -0.1) is 0 Å². The Labute approximate surface area is 207 Å². The van der Waals surface area contributed by atoms with Gasteiger partial charge in [-0.1, -0.05) is 26.0 Å². The molecule has 4 N–H and O–H groups in total. The van der Waals surface area contributed by atoms with E-state index in [9.17, 15) is 19.5 Å². The Morgan fingerprint density at radius 3 is 2.39 bits per heavy atom. The highest BCUT2D eigenvalue weighted by molar-refractivity contribution is 5.94. The average molecular weight is 493 g/mol. The fourth-order valence-corrected chi connectivity index (χ4v) is 4.27. The van der Waals surface area contributed by atoms with Crippen LogP contribution >= 0.6 is 0 Å². The summed E-state index contributed by atoms with van der Waals surface area (Å²) in [5, 5.41) is 21.8. The predicted octanol–water partition coefficient (Wildman–Crippen LogP) is 2.88. The first-order valence-corrected chi connectivity index (χ1v) is 12.1. The Hall–Kier alpha value is -4.02. The number of oxazole rings is 1. The van der Waals surface area contributed by atoms with Gasteiger partial charge in [-0.2, -0.15) is 5.10 Å². The molecule has 1 unspecified atom stereocenters. The van der Waals surface area contributed by atoms with E-state index in [1.54, 1.807) is 38.1 Å². The lowest BCUT2D eigenvalue weighted by Gasteiger charge is -2.16. The summed E-state index contributed by atoms with van der Waals surface area (Å²) in [5.41, 5.74) is 1.21. The lowest BCUT2D eigenvalue weighted by Crippen LogP contribution is -2.44. The Balaban J connectivity index is 1.28. The van der Waals surface area contributed by atoms with Crippen LogP contribution in [0.4, 0.5) is 0 Å². The minimum atomic E-state index is -1.12. The summed E-state index contributed by atoms with van der Waals surface area (Å²) in [5.74, 6) is -0.583. The molecule has 0 bridgehead atoms. The number of aliphatic carboxylic acids is 1. The van der Waals surface area contributed by atoms with E-state index >= 15 is 0 Å². The van der Waals surface area contributed by atoms with E-state index in [0.29, 0.717) is 28.8 Å². The van der Waals surface area contributed by atoms with Gasteiger partial charge in [0, 0.05) is 17.2 Å². The molecule has 11 nitrogen and oxygen atoms in total. The SMILES string of the molecule is CC(C)C(NC(=O)c1cnc(-c2cccc(-c3n[nH]c(C(=O)NC(C4CC4)C4CC4)n3)c2)o1)C(=O)O. The van der Waals surface area contributed by atoms with E-state index in [0.717, 1.165) is 25.7 Å². The number of carbonyl (C=O) groups excluding carboxylic acids is 2. The monoisotopic (exact) mass is 492 g/mol. The molecule has 2 aromatic heterocycles. The largest absolute Gasteiger partial charge is 0.480 e. The van der Waals surface area contributed by atoms with Crippen LogP contribution in [0.15, 0.2) is 34.9 Å². The molecule has 2 aliphatic carbocycles. The van der Waals surface area contributed by atoms with Gasteiger partial charge in [0.2, 0.25) is 17.5 Å². The van der Waals surface area contributed by atoms with E-state index in [-0.39, 0.29) is 35.3 Å². The number of nitrogens with zero attached hydrogens (tertiary/aromatic N) is 3. The van der Waals surface area contributed by atoms with Crippen molar-refractivity contribution < 1.29 is 23.9 Å². The topological polar surface area (TPSA) is 163 Å². The highest BCUT2D eigenvalue weighted by Gasteiger charge is 2.42. The Morgan fingerprint density at radius 2 is 1.75 bits per heavy atom. The summed E-state index contributed by atoms with van der Waals surface area (Å²) < 4.78 is 5.60. The molecule has 2 heterocycles. The van der Waals surface area contributed by atoms with Crippen LogP contribution in [-0.2, 0) is 4.79 Å². The van der Waals surface area contributed by atoms with E-state index < -0.39 is 17.9 Å². The molecule has 2 amide bonds. The smallest absolute Gasteiger partial charge is 0.326 e. The van der Waals surface area contributed by atoms with Crippen molar-refractivity contribution in [3.8, 4) is 22.8 Å². The van der Waals surface area contributed by atoms with Crippen LogP contribution in [0.2, 0.25) is 0 Å². The van der Waals surface area contributed by atoms with Gasteiger partial charge in [0.05, 0.1) is 6.20 Å². The number of rotatable bonds is 10. The first-order valence-electron chi connectivity index (χ1n) is 12.1. The molecule has 3 aromatic rings. The molecule has 11 heteroatoms. The van der Waals surface area contributed by atoms with Gasteiger partial charge in [0.25, 0.3) is 11.8 Å². The van der Waals surface area contributed by atoms with Crippen LogP contribution < -0.4 is 10.6 Å². The lowest BCUT2D eigenvalue weighted by atomic mass is 10.0. The molecule has 36 heavy (non-hydrogen) atoms. The first kappa shape index (κ1) is 23.7. The van der Waals surface area contributed by atoms with Crippen LogP contribution in [-0.4, -0.2) is 55.1 Å². The Bertz CT molecular complexity index is 1280. The number of amides is 2. The van der Waals surface area contributed by atoms with Gasteiger partial charge < -0.3 is 20.2 Å². The molecule has 1 atom stereocenters. The number of aromatic amines is 1. The number of carboxylic acid groups (broad SMARTS) is 1. The van der Waals surface area contributed by atoms with Crippen LogP contribution in [0.25, 0.3) is 22.8 Å². The molecule has 188 valence electrons. The number of hydrogen-bond acceptors (Lipinski definition) is 7. The standard InChI is InChI=1S/C25H28N6O5/c1-12(2)18(25(34)35)27-22(32)17-11-26-24(36-17)16-5-3-4-15(10-16)20-29-21(31-30-20)23(33)28-19(13-6-7-13)14-8-9-14/h3-5,10-14,18-19H,6-9H2,1-2H3,(H,27,32)(H,28,33)(H,34,35)(H,29,30,31). The summed E-state index contributed by atoms with van der Waals surface area (Å²) in [6.07, 6.45) is 5.91. The van der Waals surface area contributed by atoms with Crippen LogP contribution in [0.5, 0.6) is 0 Å². The van der Waals surface area contributed by atoms with Gasteiger partial charge in [-0.3, -0.25) is 14.7 Å². The zero-order valence-electron chi connectivity index (χ0n) is 20.0. The summed E-state index contributed by atoms with van der Waals surface area (Å²) in [7, 11) is 0. The molecular weight excluding hydrogens is 464 g/mol. The van der Waals surface area contributed by atoms with Crippen LogP contribution in [0.1, 0.15) is 60.7 Å². The third-order valence-corrected chi connectivity index (χ3v) is 6.57. The van der Waals surface area contributed by atoms with E-state index in [1.807, 2.05) is 0 Å².